The third-order valence-electron chi connectivity index (χ3n) is 4.60. The number of hydrogen-bond acceptors (Lipinski definition) is 5. The largest absolute Gasteiger partial charge is 0.436 e. The molecule has 0 radical (unpaired) electrons. The van der Waals surface area contributed by atoms with E-state index in [4.69, 9.17) is 27.6 Å². The Morgan fingerprint density at radius 2 is 1.88 bits per heavy atom. The average Bonchev–Trinajstić information content (AvgIpc) is 3.17. The van der Waals surface area contributed by atoms with Crippen molar-refractivity contribution in [2.45, 2.75) is 6.92 Å². The summed E-state index contributed by atoms with van der Waals surface area (Å²) in [5, 5.41) is 14.2. The van der Waals surface area contributed by atoms with E-state index >= 15 is 0 Å². The van der Waals surface area contributed by atoms with Gasteiger partial charge < -0.3 is 9.73 Å². The number of carbonyl (C=O) groups excluding carboxylic acids is 1. The lowest BCUT2D eigenvalue weighted by atomic mass is 10.1. The number of rotatable bonds is 5. The fourth-order valence-electron chi connectivity index (χ4n) is 3.04. The minimum absolute atomic E-state index is 0.0275. The van der Waals surface area contributed by atoms with Gasteiger partial charge in [0.1, 0.15) is 10.5 Å². The summed E-state index contributed by atoms with van der Waals surface area (Å²) in [4.78, 5) is 27.2. The van der Waals surface area contributed by atoms with Crippen LogP contribution in [0.4, 0.5) is 11.4 Å². The van der Waals surface area contributed by atoms with E-state index in [1.807, 2.05) is 25.1 Å². The molecule has 0 atom stereocenters. The minimum atomic E-state index is -0.581. The Morgan fingerprint density at radius 3 is 2.66 bits per heavy atom. The third kappa shape index (κ3) is 4.64. The molecule has 1 heterocycles. The van der Waals surface area contributed by atoms with E-state index in [-0.39, 0.29) is 10.7 Å². The maximum absolute atomic E-state index is 12.4. The second kappa shape index (κ2) is 8.82. The summed E-state index contributed by atoms with van der Waals surface area (Å²) in [6.07, 6.45) is 2.72. The maximum Gasteiger partial charge on any atom is 0.288 e. The minimum Gasteiger partial charge on any atom is -0.436 e. The molecule has 0 bridgehead atoms. The number of anilines is 1. The van der Waals surface area contributed by atoms with Crippen molar-refractivity contribution in [1.82, 2.24) is 4.98 Å². The second-order valence-electron chi connectivity index (χ2n) is 6.98. The molecule has 0 aliphatic rings. The fourth-order valence-corrected chi connectivity index (χ4v) is 3.43. The molecule has 0 unspecified atom stereocenters. The molecule has 160 valence electrons. The predicted octanol–water partition coefficient (Wildman–Crippen LogP) is 6.67. The molecule has 1 aromatic heterocycles. The highest BCUT2D eigenvalue weighted by Gasteiger charge is 2.14. The van der Waals surface area contributed by atoms with Gasteiger partial charge in [0, 0.05) is 17.8 Å². The van der Waals surface area contributed by atoms with Gasteiger partial charge in [-0.3, -0.25) is 14.9 Å². The molecule has 4 aromatic rings. The molecule has 1 amide bonds. The van der Waals surface area contributed by atoms with Crippen molar-refractivity contribution < 1.29 is 14.1 Å². The van der Waals surface area contributed by atoms with Gasteiger partial charge in [-0.05, 0) is 60.5 Å². The highest BCUT2D eigenvalue weighted by Crippen LogP contribution is 2.32. The SMILES string of the molecule is Cc1ccc2nc(-c3cc(NC(=O)/C=C/c4ccc(Cl)c([N+](=O)[O-])c4)ccc3Cl)oc2c1. The van der Waals surface area contributed by atoms with Gasteiger partial charge >= 0.3 is 0 Å². The Balaban J connectivity index is 1.54. The number of benzene rings is 3. The van der Waals surface area contributed by atoms with Crippen molar-refractivity contribution >= 4 is 57.7 Å². The first-order valence-corrected chi connectivity index (χ1v) is 10.2. The number of aryl methyl sites for hydroxylation is 1. The zero-order chi connectivity index (χ0) is 22.8. The molecule has 1 N–H and O–H groups in total. The molecule has 0 fully saturated rings. The van der Waals surface area contributed by atoms with E-state index in [0.717, 1.165) is 5.56 Å². The summed E-state index contributed by atoms with van der Waals surface area (Å²) >= 11 is 12.1. The summed E-state index contributed by atoms with van der Waals surface area (Å²) < 4.78 is 5.83. The number of nitrogens with one attached hydrogen (secondary N) is 1. The first-order chi connectivity index (χ1) is 15.3. The van der Waals surface area contributed by atoms with Gasteiger partial charge in [-0.25, -0.2) is 4.98 Å². The molecule has 0 spiro atoms. The van der Waals surface area contributed by atoms with E-state index in [0.29, 0.717) is 38.8 Å². The molecule has 32 heavy (non-hydrogen) atoms. The quantitative estimate of drug-likeness (QED) is 0.200. The molecule has 0 aliphatic carbocycles. The standard InChI is InChI=1S/C23H15Cl2N3O4/c1-13-2-8-19-21(10-13)32-23(27-19)16-12-15(5-7-17(16)24)26-22(29)9-4-14-3-6-18(25)20(11-14)28(30)31/h2-12H,1H3,(H,26,29)/b9-4+. The van der Waals surface area contributed by atoms with Crippen molar-refractivity contribution in [3.05, 3.63) is 92.0 Å². The zero-order valence-electron chi connectivity index (χ0n) is 16.6. The van der Waals surface area contributed by atoms with E-state index < -0.39 is 10.8 Å². The lowest BCUT2D eigenvalue weighted by Gasteiger charge is -2.06. The van der Waals surface area contributed by atoms with Crippen LogP contribution < -0.4 is 5.32 Å². The highest BCUT2D eigenvalue weighted by atomic mass is 35.5. The van der Waals surface area contributed by atoms with Crippen LogP contribution in [0.3, 0.4) is 0 Å². The number of hydrogen-bond donors (Lipinski definition) is 1. The number of carbonyl (C=O) groups is 1. The highest BCUT2D eigenvalue weighted by molar-refractivity contribution is 6.33. The molecule has 0 saturated carbocycles. The number of oxazole rings is 1. The smallest absolute Gasteiger partial charge is 0.288 e. The van der Waals surface area contributed by atoms with Crippen LogP contribution in [-0.4, -0.2) is 15.8 Å². The summed E-state index contributed by atoms with van der Waals surface area (Å²) in [5.41, 5.74) is 3.65. The molecule has 3 aromatic carbocycles. The van der Waals surface area contributed by atoms with Gasteiger partial charge in [0.2, 0.25) is 11.8 Å². The van der Waals surface area contributed by atoms with Gasteiger partial charge in [-0.1, -0.05) is 35.3 Å². The molecule has 0 aliphatic heterocycles. The summed E-state index contributed by atoms with van der Waals surface area (Å²) in [7, 11) is 0. The van der Waals surface area contributed by atoms with Crippen LogP contribution in [0.15, 0.2) is 65.1 Å². The first-order valence-electron chi connectivity index (χ1n) is 9.40. The Hall–Kier alpha value is -3.68. The molecule has 9 heteroatoms. The number of halogens is 2. The maximum atomic E-state index is 12.4. The average molecular weight is 468 g/mol. The third-order valence-corrected chi connectivity index (χ3v) is 5.25. The van der Waals surface area contributed by atoms with Crippen molar-refractivity contribution in [2.24, 2.45) is 0 Å². The number of nitro benzene ring substituents is 1. The van der Waals surface area contributed by atoms with Gasteiger partial charge in [0.25, 0.3) is 5.69 Å². The van der Waals surface area contributed by atoms with Gasteiger partial charge in [0.05, 0.1) is 15.5 Å². The van der Waals surface area contributed by atoms with Crippen molar-refractivity contribution in [2.75, 3.05) is 5.32 Å². The Morgan fingerprint density at radius 1 is 1.09 bits per heavy atom. The van der Waals surface area contributed by atoms with Crippen molar-refractivity contribution in [1.29, 1.82) is 0 Å². The Kier molecular flexibility index (Phi) is 5.94. The van der Waals surface area contributed by atoms with E-state index in [1.54, 1.807) is 24.3 Å². The number of aromatic nitrogens is 1. The molecule has 7 nitrogen and oxygen atoms in total. The summed E-state index contributed by atoms with van der Waals surface area (Å²) in [5.74, 6) is -0.0835. The van der Waals surface area contributed by atoms with Crippen LogP contribution in [0.25, 0.3) is 28.6 Å². The van der Waals surface area contributed by atoms with Gasteiger partial charge in [-0.2, -0.15) is 0 Å². The number of fused-ring (bicyclic) bond motifs is 1. The van der Waals surface area contributed by atoms with Crippen LogP contribution in [0, 0.1) is 17.0 Å². The van der Waals surface area contributed by atoms with Crippen LogP contribution in [0.5, 0.6) is 0 Å². The van der Waals surface area contributed by atoms with Gasteiger partial charge in [0.15, 0.2) is 5.58 Å². The number of amides is 1. The Labute approximate surface area is 192 Å². The predicted molar refractivity (Wildman–Crippen MR) is 125 cm³/mol. The molecule has 4 rings (SSSR count). The van der Waals surface area contributed by atoms with Crippen LogP contribution in [0.1, 0.15) is 11.1 Å². The van der Waals surface area contributed by atoms with E-state index in [1.165, 1.54) is 24.3 Å². The number of nitrogens with zero attached hydrogens (tertiary/aromatic N) is 2. The molecular formula is C23H15Cl2N3O4. The van der Waals surface area contributed by atoms with E-state index in [9.17, 15) is 14.9 Å². The number of nitro groups is 1. The monoisotopic (exact) mass is 467 g/mol. The topological polar surface area (TPSA) is 98.3 Å². The normalized spacial score (nSPS) is 11.2. The van der Waals surface area contributed by atoms with Crippen LogP contribution in [-0.2, 0) is 4.79 Å². The van der Waals surface area contributed by atoms with Crippen molar-refractivity contribution in [3.63, 3.8) is 0 Å². The van der Waals surface area contributed by atoms with E-state index in [2.05, 4.69) is 10.3 Å². The lowest BCUT2D eigenvalue weighted by molar-refractivity contribution is -0.384. The summed E-state index contributed by atoms with van der Waals surface area (Å²) in [6, 6.07) is 14.9. The fraction of sp³-hybridized carbons (Fsp3) is 0.0435. The zero-order valence-corrected chi connectivity index (χ0v) is 18.1. The van der Waals surface area contributed by atoms with Crippen molar-refractivity contribution in [3.8, 4) is 11.5 Å². The molecule has 0 saturated heterocycles. The van der Waals surface area contributed by atoms with Gasteiger partial charge in [-0.15, -0.1) is 0 Å². The lowest BCUT2D eigenvalue weighted by Crippen LogP contribution is -2.07. The summed E-state index contributed by atoms with van der Waals surface area (Å²) in [6.45, 7) is 1.96. The van der Waals surface area contributed by atoms with Crippen LogP contribution in [0.2, 0.25) is 10.0 Å². The van der Waals surface area contributed by atoms with Crippen LogP contribution >= 0.6 is 23.2 Å². The first kappa shape index (κ1) is 21.5. The Bertz CT molecular complexity index is 1400. The second-order valence-corrected chi connectivity index (χ2v) is 7.79. The molecular weight excluding hydrogens is 453 g/mol.